The van der Waals surface area contributed by atoms with Gasteiger partial charge in [-0.3, -0.25) is 4.79 Å². The highest BCUT2D eigenvalue weighted by Gasteiger charge is 2.19. The van der Waals surface area contributed by atoms with Crippen LogP contribution in [0.3, 0.4) is 0 Å². The highest BCUT2D eigenvalue weighted by atomic mass is 32.2. The molecule has 0 bridgehead atoms. The lowest BCUT2D eigenvalue weighted by atomic mass is 9.97. The topological polar surface area (TPSA) is 54.9 Å². The second-order valence-corrected chi connectivity index (χ2v) is 8.21. The van der Waals surface area contributed by atoms with E-state index in [4.69, 9.17) is 0 Å². The summed E-state index contributed by atoms with van der Waals surface area (Å²) in [5.74, 6) is 0.399. The van der Waals surface area contributed by atoms with Crippen LogP contribution in [0.15, 0.2) is 47.1 Å². The fourth-order valence-electron chi connectivity index (χ4n) is 2.57. The minimum Gasteiger partial charge on any atom is -0.325 e. The van der Waals surface area contributed by atoms with Crippen LogP contribution in [0.1, 0.15) is 38.7 Å². The van der Waals surface area contributed by atoms with E-state index in [0.29, 0.717) is 5.92 Å². The molecule has 130 valence electrons. The van der Waals surface area contributed by atoms with Crippen LogP contribution in [-0.4, -0.2) is 21.1 Å². The first-order chi connectivity index (χ1) is 12.1. The Labute approximate surface area is 156 Å². The van der Waals surface area contributed by atoms with E-state index in [0.717, 1.165) is 27.4 Å². The summed E-state index contributed by atoms with van der Waals surface area (Å²) in [4.78, 5) is 21.3. The molecule has 4 nitrogen and oxygen atoms in total. The second kappa shape index (κ2) is 7.97. The molecule has 1 aromatic carbocycles. The number of nitrogens with one attached hydrogen (secondary N) is 1. The predicted octanol–water partition coefficient (Wildman–Crippen LogP) is 5.32. The molecule has 0 saturated carbocycles. The number of amides is 1. The van der Waals surface area contributed by atoms with E-state index in [2.05, 4.69) is 35.2 Å². The number of hydrogen-bond acceptors (Lipinski definition) is 5. The van der Waals surface area contributed by atoms with Crippen molar-refractivity contribution in [3.63, 3.8) is 0 Å². The van der Waals surface area contributed by atoms with Crippen molar-refractivity contribution in [2.75, 3.05) is 5.32 Å². The quantitative estimate of drug-likeness (QED) is 0.470. The van der Waals surface area contributed by atoms with Crippen molar-refractivity contribution in [3.05, 3.63) is 47.6 Å². The van der Waals surface area contributed by atoms with Crippen molar-refractivity contribution in [1.29, 1.82) is 0 Å². The Morgan fingerprint density at radius 1 is 1.24 bits per heavy atom. The molecule has 0 saturated heterocycles. The first kappa shape index (κ1) is 17.9. The smallest absolute Gasteiger partial charge is 0.237 e. The van der Waals surface area contributed by atoms with Crippen LogP contribution in [0.2, 0.25) is 0 Å². The molecule has 0 aliphatic heterocycles. The average Bonchev–Trinajstić information content (AvgIpc) is 3.11. The maximum atomic E-state index is 12.7. The molecular weight excluding hydrogens is 350 g/mol. The van der Waals surface area contributed by atoms with Gasteiger partial charge in [0, 0.05) is 5.69 Å². The monoisotopic (exact) mass is 371 g/mol. The Kier molecular flexibility index (Phi) is 5.71. The average molecular weight is 372 g/mol. The molecule has 6 heteroatoms. The largest absolute Gasteiger partial charge is 0.325 e. The molecule has 0 aliphatic rings. The summed E-state index contributed by atoms with van der Waals surface area (Å²) in [6.07, 6.45) is 2.59. The number of aromatic nitrogens is 2. The highest BCUT2D eigenvalue weighted by Crippen LogP contribution is 2.32. The van der Waals surface area contributed by atoms with Gasteiger partial charge in [-0.2, -0.15) is 0 Å². The Morgan fingerprint density at radius 2 is 2.04 bits per heavy atom. The number of para-hydroxylation sites is 1. The molecule has 0 aliphatic carbocycles. The number of carbonyl (C=O) groups excluding carboxylic acids is 1. The zero-order valence-electron chi connectivity index (χ0n) is 14.5. The number of anilines is 1. The van der Waals surface area contributed by atoms with Gasteiger partial charge in [0.2, 0.25) is 5.91 Å². The molecular formula is C19H21N3OS2. The minimum absolute atomic E-state index is 0.0101. The van der Waals surface area contributed by atoms with Crippen molar-refractivity contribution in [2.45, 2.75) is 43.4 Å². The van der Waals surface area contributed by atoms with Gasteiger partial charge in [0.05, 0.1) is 15.5 Å². The van der Waals surface area contributed by atoms with E-state index < -0.39 is 0 Å². The normalized spacial score (nSPS) is 13.6. The van der Waals surface area contributed by atoms with Crippen LogP contribution in [0, 0.1) is 0 Å². The number of thiophene rings is 1. The van der Waals surface area contributed by atoms with Crippen LogP contribution in [0.25, 0.3) is 10.2 Å². The maximum Gasteiger partial charge on any atom is 0.237 e. The molecule has 2 atom stereocenters. The SMILES string of the molecule is CCC(C)c1ccccc1NC(=O)C(C)Sc1ncnc2ccsc12. The zero-order chi connectivity index (χ0) is 17.8. The molecule has 0 fully saturated rings. The number of benzene rings is 1. The summed E-state index contributed by atoms with van der Waals surface area (Å²) in [7, 11) is 0. The molecule has 25 heavy (non-hydrogen) atoms. The Morgan fingerprint density at radius 3 is 2.84 bits per heavy atom. The van der Waals surface area contributed by atoms with Crippen molar-refractivity contribution in [3.8, 4) is 0 Å². The molecule has 3 aromatic rings. The van der Waals surface area contributed by atoms with Crippen LogP contribution in [0.4, 0.5) is 5.69 Å². The van der Waals surface area contributed by atoms with E-state index in [1.165, 1.54) is 17.3 Å². The fraction of sp³-hybridized carbons (Fsp3) is 0.316. The summed E-state index contributed by atoms with van der Waals surface area (Å²) in [5.41, 5.74) is 3.01. The number of nitrogens with zero attached hydrogens (tertiary/aromatic N) is 2. The molecule has 0 spiro atoms. The predicted molar refractivity (Wildman–Crippen MR) is 107 cm³/mol. The molecule has 1 N–H and O–H groups in total. The van der Waals surface area contributed by atoms with Crippen LogP contribution < -0.4 is 5.32 Å². The molecule has 1 amide bonds. The zero-order valence-corrected chi connectivity index (χ0v) is 16.2. The maximum absolute atomic E-state index is 12.7. The third kappa shape index (κ3) is 4.02. The second-order valence-electron chi connectivity index (χ2n) is 5.96. The number of thioether (sulfide) groups is 1. The summed E-state index contributed by atoms with van der Waals surface area (Å²) < 4.78 is 1.03. The fourth-order valence-corrected chi connectivity index (χ4v) is 4.40. The lowest BCUT2D eigenvalue weighted by Crippen LogP contribution is -2.23. The van der Waals surface area contributed by atoms with Gasteiger partial charge in [-0.1, -0.05) is 43.8 Å². The molecule has 3 rings (SSSR count). The van der Waals surface area contributed by atoms with E-state index >= 15 is 0 Å². The van der Waals surface area contributed by atoms with Gasteiger partial charge in [0.25, 0.3) is 0 Å². The van der Waals surface area contributed by atoms with Gasteiger partial charge in [-0.25, -0.2) is 9.97 Å². The van der Waals surface area contributed by atoms with Gasteiger partial charge >= 0.3 is 0 Å². The summed E-state index contributed by atoms with van der Waals surface area (Å²) >= 11 is 3.08. The van der Waals surface area contributed by atoms with Gasteiger partial charge in [0.1, 0.15) is 11.4 Å². The van der Waals surface area contributed by atoms with Gasteiger partial charge in [-0.05, 0) is 42.3 Å². The lowest BCUT2D eigenvalue weighted by molar-refractivity contribution is -0.115. The van der Waals surface area contributed by atoms with Crippen LogP contribution in [-0.2, 0) is 4.79 Å². The minimum atomic E-state index is -0.245. The van der Waals surface area contributed by atoms with Crippen molar-refractivity contribution < 1.29 is 4.79 Å². The third-order valence-corrected chi connectivity index (χ3v) is 6.37. The van der Waals surface area contributed by atoms with Crippen molar-refractivity contribution in [2.24, 2.45) is 0 Å². The number of hydrogen-bond donors (Lipinski definition) is 1. The van der Waals surface area contributed by atoms with E-state index in [-0.39, 0.29) is 11.2 Å². The van der Waals surface area contributed by atoms with Gasteiger partial charge < -0.3 is 5.32 Å². The first-order valence-corrected chi connectivity index (χ1v) is 10.1. The first-order valence-electron chi connectivity index (χ1n) is 8.34. The molecule has 2 aromatic heterocycles. The number of fused-ring (bicyclic) bond motifs is 1. The molecule has 2 heterocycles. The molecule has 2 unspecified atom stereocenters. The summed E-state index contributed by atoms with van der Waals surface area (Å²) in [6.45, 7) is 6.24. The summed E-state index contributed by atoms with van der Waals surface area (Å²) in [6, 6.07) is 10.0. The van der Waals surface area contributed by atoms with Gasteiger partial charge in [-0.15, -0.1) is 11.3 Å². The highest BCUT2D eigenvalue weighted by molar-refractivity contribution is 8.00. The summed E-state index contributed by atoms with van der Waals surface area (Å²) in [5, 5.41) is 5.70. The standard InChI is InChI=1S/C19H21N3OS2/c1-4-12(2)14-7-5-6-8-15(14)22-18(23)13(3)25-19-17-16(9-10-24-17)20-11-21-19/h5-13H,4H2,1-3H3,(H,22,23). The van der Waals surface area contributed by atoms with E-state index in [1.807, 2.05) is 36.6 Å². The van der Waals surface area contributed by atoms with E-state index in [1.54, 1.807) is 17.7 Å². The lowest BCUT2D eigenvalue weighted by Gasteiger charge is -2.17. The molecule has 0 radical (unpaired) electrons. The van der Waals surface area contributed by atoms with Crippen molar-refractivity contribution in [1.82, 2.24) is 9.97 Å². The Bertz CT molecular complexity index is 878. The van der Waals surface area contributed by atoms with Crippen LogP contribution >= 0.6 is 23.1 Å². The van der Waals surface area contributed by atoms with Crippen molar-refractivity contribution >= 4 is 44.9 Å². The third-order valence-electron chi connectivity index (χ3n) is 4.23. The Hall–Kier alpha value is -1.92. The van der Waals surface area contributed by atoms with E-state index in [9.17, 15) is 4.79 Å². The van der Waals surface area contributed by atoms with Crippen LogP contribution in [0.5, 0.6) is 0 Å². The Balaban J connectivity index is 1.75. The van der Waals surface area contributed by atoms with Gasteiger partial charge in [0.15, 0.2) is 0 Å². The number of carbonyl (C=O) groups is 1. The number of rotatable bonds is 6.